The lowest BCUT2D eigenvalue weighted by Crippen LogP contribution is -2.38. The van der Waals surface area contributed by atoms with Crippen molar-refractivity contribution in [3.05, 3.63) is 59.7 Å². The lowest BCUT2D eigenvalue weighted by molar-refractivity contribution is -0.127. The van der Waals surface area contributed by atoms with E-state index in [1.807, 2.05) is 55.5 Å². The molecule has 1 N–H and O–H groups in total. The first-order valence-electron chi connectivity index (χ1n) is 8.32. The van der Waals surface area contributed by atoms with Gasteiger partial charge < -0.3 is 14.8 Å². The number of nitrogens with one attached hydrogen (secondary N) is 1. The molecule has 0 aliphatic rings. The van der Waals surface area contributed by atoms with E-state index >= 15 is 0 Å². The number of para-hydroxylation sites is 2. The second kappa shape index (κ2) is 8.96. The van der Waals surface area contributed by atoms with Crippen molar-refractivity contribution < 1.29 is 14.3 Å². The van der Waals surface area contributed by atoms with Crippen LogP contribution in [0.4, 0.5) is 0 Å². The van der Waals surface area contributed by atoms with Gasteiger partial charge >= 0.3 is 0 Å². The monoisotopic (exact) mass is 327 g/mol. The summed E-state index contributed by atoms with van der Waals surface area (Å²) in [5, 5.41) is 2.84. The Morgan fingerprint density at radius 1 is 1.08 bits per heavy atom. The van der Waals surface area contributed by atoms with Gasteiger partial charge in [0.1, 0.15) is 18.1 Å². The number of carbonyl (C=O) groups excluding carboxylic acids is 1. The average molecular weight is 327 g/mol. The molecule has 4 nitrogen and oxygen atoms in total. The van der Waals surface area contributed by atoms with Crippen LogP contribution >= 0.6 is 0 Å². The smallest absolute Gasteiger partial charge is 0.260 e. The van der Waals surface area contributed by atoms with Gasteiger partial charge in [0.2, 0.25) is 0 Å². The summed E-state index contributed by atoms with van der Waals surface area (Å²) >= 11 is 0. The molecular formula is C20H25NO3. The summed E-state index contributed by atoms with van der Waals surface area (Å²) in [4.78, 5) is 12.1. The summed E-state index contributed by atoms with van der Waals surface area (Å²) in [5.74, 6) is 1.46. The molecule has 0 bridgehead atoms. The average Bonchev–Trinajstić information content (AvgIpc) is 2.60. The van der Waals surface area contributed by atoms with Crippen molar-refractivity contribution in [2.24, 2.45) is 0 Å². The second-order valence-corrected chi connectivity index (χ2v) is 5.63. The van der Waals surface area contributed by atoms with Crippen molar-refractivity contribution in [3.63, 3.8) is 0 Å². The van der Waals surface area contributed by atoms with Gasteiger partial charge in [-0.3, -0.25) is 4.79 Å². The van der Waals surface area contributed by atoms with E-state index in [0.717, 1.165) is 29.0 Å². The van der Waals surface area contributed by atoms with Gasteiger partial charge in [0.05, 0.1) is 6.54 Å². The molecule has 4 heteroatoms. The Morgan fingerprint density at radius 2 is 1.75 bits per heavy atom. The van der Waals surface area contributed by atoms with Crippen LogP contribution in [0.3, 0.4) is 0 Å². The molecule has 24 heavy (non-hydrogen) atoms. The molecule has 0 saturated heterocycles. The van der Waals surface area contributed by atoms with Crippen LogP contribution < -0.4 is 14.8 Å². The van der Waals surface area contributed by atoms with E-state index in [0.29, 0.717) is 13.2 Å². The minimum absolute atomic E-state index is 0.144. The third kappa shape index (κ3) is 5.01. The van der Waals surface area contributed by atoms with Crippen molar-refractivity contribution in [2.45, 2.75) is 33.3 Å². The van der Waals surface area contributed by atoms with Crippen molar-refractivity contribution in [2.75, 3.05) is 13.2 Å². The molecule has 1 amide bonds. The van der Waals surface area contributed by atoms with Crippen LogP contribution in [-0.2, 0) is 11.2 Å². The largest absolute Gasteiger partial charge is 0.491 e. The van der Waals surface area contributed by atoms with Gasteiger partial charge in [0, 0.05) is 0 Å². The molecule has 2 rings (SSSR count). The fourth-order valence-corrected chi connectivity index (χ4v) is 2.35. The Labute approximate surface area is 143 Å². The second-order valence-electron chi connectivity index (χ2n) is 5.63. The number of ether oxygens (including phenoxy) is 2. The highest BCUT2D eigenvalue weighted by molar-refractivity contribution is 5.80. The lowest BCUT2D eigenvalue weighted by Gasteiger charge is -2.17. The van der Waals surface area contributed by atoms with E-state index in [1.165, 1.54) is 0 Å². The summed E-state index contributed by atoms with van der Waals surface area (Å²) in [5.41, 5.74) is 2.18. The lowest BCUT2D eigenvalue weighted by atomic mass is 10.1. The molecular weight excluding hydrogens is 302 g/mol. The van der Waals surface area contributed by atoms with E-state index in [2.05, 4.69) is 12.2 Å². The first kappa shape index (κ1) is 17.9. The maximum absolute atomic E-state index is 12.1. The van der Waals surface area contributed by atoms with Crippen LogP contribution in [0.15, 0.2) is 48.5 Å². The Hall–Kier alpha value is -2.49. The minimum atomic E-state index is -0.545. The molecule has 0 aliphatic carbocycles. The zero-order valence-electron chi connectivity index (χ0n) is 14.5. The fraction of sp³-hybridized carbons (Fsp3) is 0.350. The molecule has 0 fully saturated rings. The summed E-state index contributed by atoms with van der Waals surface area (Å²) in [6.45, 7) is 6.68. The maximum Gasteiger partial charge on any atom is 0.260 e. The van der Waals surface area contributed by atoms with Gasteiger partial charge in [-0.1, -0.05) is 43.3 Å². The first-order chi connectivity index (χ1) is 11.6. The number of hydrogen-bond donors (Lipinski definition) is 1. The van der Waals surface area contributed by atoms with E-state index in [9.17, 15) is 4.79 Å². The predicted octanol–water partition coefficient (Wildman–Crippen LogP) is 3.52. The van der Waals surface area contributed by atoms with E-state index in [4.69, 9.17) is 9.47 Å². The van der Waals surface area contributed by atoms with Crippen molar-refractivity contribution >= 4 is 5.91 Å². The third-order valence-corrected chi connectivity index (χ3v) is 3.78. The molecule has 0 heterocycles. The van der Waals surface area contributed by atoms with Crippen LogP contribution in [0.1, 0.15) is 25.0 Å². The Balaban J connectivity index is 1.77. The molecule has 128 valence electrons. The molecule has 0 radical (unpaired) electrons. The van der Waals surface area contributed by atoms with Gasteiger partial charge in [-0.05, 0) is 43.5 Å². The van der Waals surface area contributed by atoms with Crippen LogP contribution in [0.25, 0.3) is 0 Å². The topological polar surface area (TPSA) is 47.6 Å². The molecule has 1 atom stereocenters. The molecule has 0 aliphatic heterocycles. The number of carbonyl (C=O) groups is 1. The molecule has 0 unspecified atom stereocenters. The highest BCUT2D eigenvalue weighted by Gasteiger charge is 2.15. The molecule has 2 aromatic rings. The number of rotatable bonds is 8. The standard InChI is InChI=1S/C20H25NO3/c1-4-17-10-6-8-12-19(17)24-16(3)20(22)21-13-14-23-18-11-7-5-9-15(18)2/h5-12,16H,4,13-14H2,1-3H3,(H,21,22)/t16-/m1/s1. The Bertz CT molecular complexity index is 669. The summed E-state index contributed by atoms with van der Waals surface area (Å²) in [6.07, 6.45) is 0.325. The van der Waals surface area contributed by atoms with Crippen molar-refractivity contribution in [3.8, 4) is 11.5 Å². The predicted molar refractivity (Wildman–Crippen MR) is 95.6 cm³/mol. The van der Waals surface area contributed by atoms with E-state index in [1.54, 1.807) is 6.92 Å². The summed E-state index contributed by atoms with van der Waals surface area (Å²) in [6, 6.07) is 15.6. The quantitative estimate of drug-likeness (QED) is 0.755. The van der Waals surface area contributed by atoms with Crippen LogP contribution in [-0.4, -0.2) is 25.2 Å². The van der Waals surface area contributed by atoms with Gasteiger partial charge in [-0.25, -0.2) is 0 Å². The molecule has 2 aromatic carbocycles. The van der Waals surface area contributed by atoms with E-state index in [-0.39, 0.29) is 5.91 Å². The van der Waals surface area contributed by atoms with Crippen molar-refractivity contribution in [1.29, 1.82) is 0 Å². The molecule has 0 saturated carbocycles. The number of hydrogen-bond acceptors (Lipinski definition) is 3. The first-order valence-corrected chi connectivity index (χ1v) is 8.32. The Morgan fingerprint density at radius 3 is 2.46 bits per heavy atom. The highest BCUT2D eigenvalue weighted by Crippen LogP contribution is 2.19. The number of benzene rings is 2. The van der Waals surface area contributed by atoms with Gasteiger partial charge in [0.25, 0.3) is 5.91 Å². The minimum Gasteiger partial charge on any atom is -0.491 e. The number of aryl methyl sites for hydroxylation is 2. The summed E-state index contributed by atoms with van der Waals surface area (Å²) < 4.78 is 11.4. The fourth-order valence-electron chi connectivity index (χ4n) is 2.35. The SMILES string of the molecule is CCc1ccccc1O[C@H](C)C(=O)NCCOc1ccccc1C. The van der Waals surface area contributed by atoms with Gasteiger partial charge in [0.15, 0.2) is 6.10 Å². The summed E-state index contributed by atoms with van der Waals surface area (Å²) in [7, 11) is 0. The number of amides is 1. The van der Waals surface area contributed by atoms with Crippen LogP contribution in [0.2, 0.25) is 0 Å². The Kier molecular flexibility index (Phi) is 6.67. The zero-order valence-corrected chi connectivity index (χ0v) is 14.5. The molecule has 0 aromatic heterocycles. The maximum atomic E-state index is 12.1. The normalized spacial score (nSPS) is 11.6. The molecule has 0 spiro atoms. The van der Waals surface area contributed by atoms with Gasteiger partial charge in [-0.2, -0.15) is 0 Å². The zero-order chi connectivity index (χ0) is 17.4. The highest BCUT2D eigenvalue weighted by atomic mass is 16.5. The third-order valence-electron chi connectivity index (χ3n) is 3.78. The van der Waals surface area contributed by atoms with Crippen LogP contribution in [0, 0.1) is 6.92 Å². The van der Waals surface area contributed by atoms with Crippen LogP contribution in [0.5, 0.6) is 11.5 Å². The van der Waals surface area contributed by atoms with E-state index < -0.39 is 6.10 Å². The van der Waals surface area contributed by atoms with Gasteiger partial charge in [-0.15, -0.1) is 0 Å². The van der Waals surface area contributed by atoms with Crippen molar-refractivity contribution in [1.82, 2.24) is 5.32 Å².